The van der Waals surface area contributed by atoms with E-state index in [1.165, 1.54) is 18.9 Å². The number of hydrogen-bond donors (Lipinski definition) is 1. The second kappa shape index (κ2) is 6.58. The third kappa shape index (κ3) is 5.54. The second-order valence-electron chi connectivity index (χ2n) is 3.95. The van der Waals surface area contributed by atoms with E-state index in [1.54, 1.807) is 6.08 Å². The van der Waals surface area contributed by atoms with Gasteiger partial charge in [0.25, 0.3) is 0 Å². The van der Waals surface area contributed by atoms with E-state index in [4.69, 9.17) is 9.84 Å². The number of nitrogens with zero attached hydrogens (tertiary/aromatic N) is 1. The van der Waals surface area contributed by atoms with Gasteiger partial charge in [-0.05, 0) is 26.3 Å². The molecular formula is C11H19NO3. The highest BCUT2D eigenvalue weighted by Gasteiger charge is 2.14. The van der Waals surface area contributed by atoms with Gasteiger partial charge in [-0.15, -0.1) is 0 Å². The Kier molecular flexibility index (Phi) is 5.36. The van der Waals surface area contributed by atoms with Crippen molar-refractivity contribution in [1.29, 1.82) is 0 Å². The Hall–Kier alpha value is -0.870. The van der Waals surface area contributed by atoms with Crippen LogP contribution in [0.5, 0.6) is 0 Å². The Balaban J connectivity index is 2.16. The maximum atomic E-state index is 10.2. The Morgan fingerprint density at radius 3 is 3.00 bits per heavy atom. The van der Waals surface area contributed by atoms with Crippen molar-refractivity contribution in [2.75, 3.05) is 26.7 Å². The molecule has 1 N–H and O–H groups in total. The van der Waals surface area contributed by atoms with Gasteiger partial charge in [-0.25, -0.2) is 4.79 Å². The number of hydrogen-bond acceptors (Lipinski definition) is 3. The molecule has 1 fully saturated rings. The summed E-state index contributed by atoms with van der Waals surface area (Å²) in [5, 5.41) is 8.42. The van der Waals surface area contributed by atoms with E-state index in [9.17, 15) is 4.79 Å². The highest BCUT2D eigenvalue weighted by molar-refractivity contribution is 5.79. The van der Waals surface area contributed by atoms with E-state index in [2.05, 4.69) is 4.90 Å². The number of rotatable bonds is 5. The number of likely N-dealkylation sites (N-methyl/N-ethyl adjacent to an activating group) is 1. The zero-order chi connectivity index (χ0) is 11.1. The zero-order valence-corrected chi connectivity index (χ0v) is 9.19. The first-order valence-electron chi connectivity index (χ1n) is 5.38. The highest BCUT2D eigenvalue weighted by atomic mass is 16.5. The third-order valence-corrected chi connectivity index (χ3v) is 2.47. The molecule has 1 heterocycles. The lowest BCUT2D eigenvalue weighted by Crippen LogP contribution is -2.33. The summed E-state index contributed by atoms with van der Waals surface area (Å²) in [6.07, 6.45) is 6.68. The van der Waals surface area contributed by atoms with Gasteiger partial charge in [0.1, 0.15) is 0 Å². The summed E-state index contributed by atoms with van der Waals surface area (Å²) in [6, 6.07) is 0. The number of carboxylic acids is 1. The molecule has 0 aromatic carbocycles. The first-order chi connectivity index (χ1) is 7.18. The first kappa shape index (κ1) is 12.2. The maximum Gasteiger partial charge on any atom is 0.328 e. The van der Waals surface area contributed by atoms with Crippen molar-refractivity contribution in [3.8, 4) is 0 Å². The Morgan fingerprint density at radius 1 is 1.60 bits per heavy atom. The van der Waals surface area contributed by atoms with E-state index < -0.39 is 5.97 Å². The molecule has 0 aromatic heterocycles. The number of ether oxygens (including phenoxy) is 1. The van der Waals surface area contributed by atoms with Crippen molar-refractivity contribution < 1.29 is 14.6 Å². The minimum absolute atomic E-state index is 0.321. The Bertz CT molecular complexity index is 222. The molecule has 0 aliphatic carbocycles. The minimum atomic E-state index is -0.891. The third-order valence-electron chi connectivity index (χ3n) is 2.47. The molecule has 0 radical (unpaired) electrons. The molecule has 1 rings (SSSR count). The van der Waals surface area contributed by atoms with Crippen molar-refractivity contribution in [3.63, 3.8) is 0 Å². The monoisotopic (exact) mass is 213 g/mol. The van der Waals surface area contributed by atoms with Crippen LogP contribution in [0.25, 0.3) is 0 Å². The van der Waals surface area contributed by atoms with Crippen LogP contribution in [0, 0.1) is 0 Å². The number of aliphatic carboxylic acids is 1. The molecule has 0 bridgehead atoms. The zero-order valence-electron chi connectivity index (χ0n) is 9.19. The van der Waals surface area contributed by atoms with Crippen LogP contribution in [-0.2, 0) is 9.53 Å². The van der Waals surface area contributed by atoms with Gasteiger partial charge in [0.15, 0.2) is 0 Å². The Morgan fingerprint density at radius 2 is 2.40 bits per heavy atom. The van der Waals surface area contributed by atoms with E-state index in [0.717, 1.165) is 19.6 Å². The maximum absolute atomic E-state index is 10.2. The van der Waals surface area contributed by atoms with Gasteiger partial charge in [0.2, 0.25) is 0 Å². The van der Waals surface area contributed by atoms with Crippen LogP contribution in [-0.4, -0.2) is 48.8 Å². The molecular weight excluding hydrogens is 194 g/mol. The predicted molar refractivity (Wildman–Crippen MR) is 57.9 cm³/mol. The summed E-state index contributed by atoms with van der Waals surface area (Å²) in [5.74, 6) is -0.891. The quantitative estimate of drug-likeness (QED) is 0.695. The summed E-state index contributed by atoms with van der Waals surface area (Å²) in [6.45, 7) is 2.40. The number of carbonyl (C=O) groups is 1. The number of carboxylic acid groups (broad SMARTS) is 1. The van der Waals surface area contributed by atoms with E-state index in [-0.39, 0.29) is 0 Å². The van der Waals surface area contributed by atoms with Crippen molar-refractivity contribution in [1.82, 2.24) is 4.90 Å². The van der Waals surface area contributed by atoms with Gasteiger partial charge >= 0.3 is 5.97 Å². The highest BCUT2D eigenvalue weighted by Crippen LogP contribution is 2.13. The van der Waals surface area contributed by atoms with Crippen LogP contribution in [0.4, 0.5) is 0 Å². The fourth-order valence-corrected chi connectivity index (χ4v) is 1.71. The SMILES string of the molecule is CN(CC=CC(=O)O)CC1CCCCO1. The standard InChI is InChI=1S/C11H19NO3/c1-12(7-4-6-11(13)14)9-10-5-2-3-8-15-10/h4,6,10H,2-3,5,7-9H2,1H3,(H,13,14). The molecule has 86 valence electrons. The largest absolute Gasteiger partial charge is 0.478 e. The van der Waals surface area contributed by atoms with Gasteiger partial charge in [-0.1, -0.05) is 6.08 Å². The van der Waals surface area contributed by atoms with Gasteiger partial charge in [-0.3, -0.25) is 0 Å². The van der Waals surface area contributed by atoms with E-state index in [0.29, 0.717) is 12.6 Å². The molecule has 0 amide bonds. The first-order valence-corrected chi connectivity index (χ1v) is 5.38. The van der Waals surface area contributed by atoms with Crippen LogP contribution in [0.3, 0.4) is 0 Å². The fourth-order valence-electron chi connectivity index (χ4n) is 1.71. The van der Waals surface area contributed by atoms with Gasteiger partial charge in [0.05, 0.1) is 6.10 Å². The fraction of sp³-hybridized carbons (Fsp3) is 0.727. The lowest BCUT2D eigenvalue weighted by atomic mass is 10.1. The van der Waals surface area contributed by atoms with E-state index in [1.807, 2.05) is 7.05 Å². The second-order valence-corrected chi connectivity index (χ2v) is 3.95. The van der Waals surface area contributed by atoms with Crippen LogP contribution in [0.2, 0.25) is 0 Å². The van der Waals surface area contributed by atoms with Gasteiger partial charge in [-0.2, -0.15) is 0 Å². The molecule has 0 saturated carbocycles. The average Bonchev–Trinajstić information content (AvgIpc) is 2.18. The molecule has 1 aliphatic rings. The van der Waals surface area contributed by atoms with Crippen molar-refractivity contribution in [3.05, 3.63) is 12.2 Å². The van der Waals surface area contributed by atoms with Gasteiger partial charge < -0.3 is 14.7 Å². The Labute approximate surface area is 90.5 Å². The summed E-state index contributed by atoms with van der Waals surface area (Å²) in [5.41, 5.74) is 0. The van der Waals surface area contributed by atoms with Crippen molar-refractivity contribution in [2.45, 2.75) is 25.4 Å². The normalized spacial score (nSPS) is 22.4. The lowest BCUT2D eigenvalue weighted by molar-refractivity contribution is -0.131. The molecule has 0 spiro atoms. The van der Waals surface area contributed by atoms with Gasteiger partial charge in [0, 0.05) is 25.8 Å². The van der Waals surface area contributed by atoms with Crippen LogP contribution >= 0.6 is 0 Å². The molecule has 4 heteroatoms. The van der Waals surface area contributed by atoms with Crippen molar-refractivity contribution >= 4 is 5.97 Å². The predicted octanol–water partition coefficient (Wildman–Crippen LogP) is 1.13. The summed E-state index contributed by atoms with van der Waals surface area (Å²) in [7, 11) is 1.98. The summed E-state index contributed by atoms with van der Waals surface area (Å²) < 4.78 is 5.59. The molecule has 0 aromatic rings. The smallest absolute Gasteiger partial charge is 0.328 e. The minimum Gasteiger partial charge on any atom is -0.478 e. The van der Waals surface area contributed by atoms with Crippen LogP contribution < -0.4 is 0 Å². The van der Waals surface area contributed by atoms with Crippen molar-refractivity contribution in [2.24, 2.45) is 0 Å². The molecule has 1 unspecified atom stereocenters. The average molecular weight is 213 g/mol. The topological polar surface area (TPSA) is 49.8 Å². The van der Waals surface area contributed by atoms with Crippen LogP contribution in [0.1, 0.15) is 19.3 Å². The molecule has 1 saturated heterocycles. The summed E-state index contributed by atoms with van der Waals surface area (Å²) >= 11 is 0. The molecule has 4 nitrogen and oxygen atoms in total. The lowest BCUT2D eigenvalue weighted by Gasteiger charge is -2.26. The van der Waals surface area contributed by atoms with Crippen LogP contribution in [0.15, 0.2) is 12.2 Å². The molecule has 15 heavy (non-hydrogen) atoms. The van der Waals surface area contributed by atoms with E-state index >= 15 is 0 Å². The molecule has 1 aliphatic heterocycles. The molecule has 1 atom stereocenters. The summed E-state index contributed by atoms with van der Waals surface area (Å²) in [4.78, 5) is 12.3.